The molecule has 6 heteroatoms. The molecule has 1 heterocycles. The van der Waals surface area contributed by atoms with E-state index < -0.39 is 0 Å². The number of guanidine groups is 1. The fraction of sp³-hybridized carbons (Fsp3) is 0.895. The van der Waals surface area contributed by atoms with Crippen LogP contribution in [0.4, 0.5) is 0 Å². The van der Waals surface area contributed by atoms with Gasteiger partial charge in [-0.15, -0.1) is 0 Å². The number of primary amides is 1. The lowest BCUT2D eigenvalue weighted by Crippen LogP contribution is -2.43. The Morgan fingerprint density at radius 2 is 2.12 bits per heavy atom. The second kappa shape index (κ2) is 13.0. The number of carbonyl (C=O) groups excluding carboxylic acids is 1. The van der Waals surface area contributed by atoms with Crippen molar-refractivity contribution in [3.63, 3.8) is 0 Å². The molecule has 2 atom stereocenters. The topological polar surface area (TPSA) is 82.8 Å². The summed E-state index contributed by atoms with van der Waals surface area (Å²) in [6, 6.07) is 0. The maximum atomic E-state index is 11.3. The van der Waals surface area contributed by atoms with E-state index in [4.69, 9.17) is 5.73 Å². The van der Waals surface area contributed by atoms with E-state index in [-0.39, 0.29) is 11.8 Å². The predicted molar refractivity (Wildman–Crippen MR) is 106 cm³/mol. The molecule has 1 fully saturated rings. The molecule has 0 radical (unpaired) electrons. The lowest BCUT2D eigenvalue weighted by atomic mass is 9.97. The van der Waals surface area contributed by atoms with Gasteiger partial charge < -0.3 is 21.3 Å². The summed E-state index contributed by atoms with van der Waals surface area (Å²) in [5, 5.41) is 6.85. The van der Waals surface area contributed by atoms with Crippen molar-refractivity contribution < 1.29 is 4.79 Å². The molecule has 0 spiro atoms. The highest BCUT2D eigenvalue weighted by atomic mass is 16.1. The van der Waals surface area contributed by atoms with Crippen LogP contribution in [0.3, 0.4) is 0 Å². The van der Waals surface area contributed by atoms with Crippen molar-refractivity contribution in [3.8, 4) is 0 Å². The lowest BCUT2D eigenvalue weighted by molar-refractivity contribution is -0.123. The number of hydrogen-bond acceptors (Lipinski definition) is 3. The molecule has 1 aliphatic heterocycles. The third kappa shape index (κ3) is 9.10. The van der Waals surface area contributed by atoms with Gasteiger partial charge in [0.25, 0.3) is 0 Å². The number of nitrogens with one attached hydrogen (secondary N) is 2. The Hall–Kier alpha value is -1.30. The van der Waals surface area contributed by atoms with Crippen LogP contribution in [0.25, 0.3) is 0 Å². The molecule has 146 valence electrons. The fourth-order valence-corrected chi connectivity index (χ4v) is 3.41. The number of unbranched alkanes of at least 4 members (excludes halogenated alkanes) is 1. The van der Waals surface area contributed by atoms with Gasteiger partial charge >= 0.3 is 0 Å². The summed E-state index contributed by atoms with van der Waals surface area (Å²) >= 11 is 0. The van der Waals surface area contributed by atoms with Crippen molar-refractivity contribution in [1.29, 1.82) is 0 Å². The van der Waals surface area contributed by atoms with Gasteiger partial charge in [0.15, 0.2) is 5.96 Å². The summed E-state index contributed by atoms with van der Waals surface area (Å²) in [5.41, 5.74) is 5.44. The summed E-state index contributed by atoms with van der Waals surface area (Å²) < 4.78 is 0. The van der Waals surface area contributed by atoms with Crippen molar-refractivity contribution >= 4 is 11.9 Å². The first-order valence-electron chi connectivity index (χ1n) is 10.1. The summed E-state index contributed by atoms with van der Waals surface area (Å²) in [6.07, 6.45) is 8.11. The van der Waals surface area contributed by atoms with Crippen LogP contribution in [0.15, 0.2) is 4.99 Å². The van der Waals surface area contributed by atoms with Gasteiger partial charge in [0, 0.05) is 26.7 Å². The highest BCUT2D eigenvalue weighted by Gasteiger charge is 2.23. The maximum absolute atomic E-state index is 11.3. The Kier molecular flexibility index (Phi) is 11.3. The number of aliphatic imine (C=N–C) groups is 1. The average Bonchev–Trinajstić information content (AvgIpc) is 2.63. The molecule has 0 aromatic rings. The van der Waals surface area contributed by atoms with Crippen molar-refractivity contribution in [3.05, 3.63) is 0 Å². The molecule has 0 aromatic heterocycles. The predicted octanol–water partition coefficient (Wildman–Crippen LogP) is 1.96. The number of nitrogens with two attached hydrogens (primary N) is 1. The summed E-state index contributed by atoms with van der Waals surface area (Å²) in [6.45, 7) is 9.28. The molecule has 0 aliphatic carbocycles. The smallest absolute Gasteiger partial charge is 0.221 e. The van der Waals surface area contributed by atoms with E-state index in [0.717, 1.165) is 63.9 Å². The zero-order valence-electron chi connectivity index (χ0n) is 16.5. The Labute approximate surface area is 154 Å². The molecule has 6 nitrogen and oxygen atoms in total. The van der Waals surface area contributed by atoms with E-state index in [0.29, 0.717) is 0 Å². The summed E-state index contributed by atoms with van der Waals surface area (Å²) in [7, 11) is 1.82. The molecule has 0 aromatic carbocycles. The number of piperidine rings is 1. The number of nitrogens with zero attached hydrogens (tertiary/aromatic N) is 2. The standard InChI is InChI=1S/C19H39N5O/c1-4-6-9-16(5-2)14-23-19(21-3)22-11-8-13-24-12-7-10-17(15-24)18(20)25/h16-17H,4-15H2,1-3H3,(H2,20,25)(H2,21,22,23). The van der Waals surface area contributed by atoms with E-state index in [1.165, 1.54) is 25.7 Å². The van der Waals surface area contributed by atoms with Gasteiger partial charge in [0.1, 0.15) is 0 Å². The van der Waals surface area contributed by atoms with Crippen LogP contribution < -0.4 is 16.4 Å². The third-order valence-electron chi connectivity index (χ3n) is 5.18. The Bertz CT molecular complexity index is 399. The van der Waals surface area contributed by atoms with Gasteiger partial charge in [-0.25, -0.2) is 0 Å². The van der Waals surface area contributed by atoms with Crippen molar-refractivity contribution in [2.24, 2.45) is 22.6 Å². The maximum Gasteiger partial charge on any atom is 0.221 e. The quantitative estimate of drug-likeness (QED) is 0.301. The molecular formula is C19H39N5O. The number of amides is 1. The van der Waals surface area contributed by atoms with Crippen molar-refractivity contribution in [1.82, 2.24) is 15.5 Å². The van der Waals surface area contributed by atoms with E-state index in [9.17, 15) is 4.79 Å². The molecule has 1 rings (SSSR count). The number of likely N-dealkylation sites (tertiary alicyclic amines) is 1. The minimum atomic E-state index is -0.152. The first-order chi connectivity index (χ1) is 12.1. The first kappa shape index (κ1) is 21.7. The average molecular weight is 354 g/mol. The molecule has 0 bridgehead atoms. The second-order valence-corrected chi connectivity index (χ2v) is 7.19. The normalized spacial score (nSPS) is 20.3. The fourth-order valence-electron chi connectivity index (χ4n) is 3.41. The van der Waals surface area contributed by atoms with Gasteiger partial charge in [-0.05, 0) is 44.7 Å². The van der Waals surface area contributed by atoms with E-state index >= 15 is 0 Å². The van der Waals surface area contributed by atoms with Crippen LogP contribution in [0, 0.1) is 11.8 Å². The van der Waals surface area contributed by atoms with E-state index in [1.807, 2.05) is 7.05 Å². The van der Waals surface area contributed by atoms with Gasteiger partial charge in [0.05, 0.1) is 5.92 Å². The highest BCUT2D eigenvalue weighted by Crippen LogP contribution is 2.15. The molecule has 1 amide bonds. The minimum absolute atomic E-state index is 0.0326. The zero-order valence-corrected chi connectivity index (χ0v) is 16.5. The van der Waals surface area contributed by atoms with Crippen LogP contribution in [0.1, 0.15) is 58.8 Å². The van der Waals surface area contributed by atoms with Crippen molar-refractivity contribution in [2.75, 3.05) is 39.8 Å². The minimum Gasteiger partial charge on any atom is -0.369 e. The zero-order chi connectivity index (χ0) is 18.5. The Balaban J connectivity index is 2.19. The molecule has 4 N–H and O–H groups in total. The Morgan fingerprint density at radius 1 is 1.32 bits per heavy atom. The van der Waals surface area contributed by atoms with E-state index in [2.05, 4.69) is 34.4 Å². The SMILES string of the molecule is CCCCC(CC)CNC(=NC)NCCCN1CCCC(C(N)=O)C1. The van der Waals surface area contributed by atoms with Gasteiger partial charge in [-0.3, -0.25) is 9.79 Å². The number of rotatable bonds is 11. The van der Waals surface area contributed by atoms with E-state index in [1.54, 1.807) is 0 Å². The Morgan fingerprint density at radius 3 is 2.76 bits per heavy atom. The molecular weight excluding hydrogens is 314 g/mol. The largest absolute Gasteiger partial charge is 0.369 e. The van der Waals surface area contributed by atoms with Gasteiger partial charge in [-0.2, -0.15) is 0 Å². The number of hydrogen-bond donors (Lipinski definition) is 3. The molecule has 2 unspecified atom stereocenters. The van der Waals surface area contributed by atoms with Crippen LogP contribution in [0.2, 0.25) is 0 Å². The highest BCUT2D eigenvalue weighted by molar-refractivity contribution is 5.79. The lowest BCUT2D eigenvalue weighted by Gasteiger charge is -2.31. The van der Waals surface area contributed by atoms with Gasteiger partial charge in [0.2, 0.25) is 5.91 Å². The second-order valence-electron chi connectivity index (χ2n) is 7.19. The molecule has 1 aliphatic rings. The van der Waals surface area contributed by atoms with Crippen LogP contribution in [-0.4, -0.2) is 56.5 Å². The van der Waals surface area contributed by atoms with Gasteiger partial charge in [-0.1, -0.05) is 33.1 Å². The molecule has 1 saturated heterocycles. The summed E-state index contributed by atoms with van der Waals surface area (Å²) in [5.74, 6) is 1.49. The first-order valence-corrected chi connectivity index (χ1v) is 10.1. The van der Waals surface area contributed by atoms with Crippen LogP contribution >= 0.6 is 0 Å². The van der Waals surface area contributed by atoms with Crippen LogP contribution in [-0.2, 0) is 4.79 Å². The van der Waals surface area contributed by atoms with Crippen molar-refractivity contribution in [2.45, 2.75) is 58.8 Å². The monoisotopic (exact) mass is 353 g/mol. The van der Waals surface area contributed by atoms with Crippen LogP contribution in [0.5, 0.6) is 0 Å². The summed E-state index contributed by atoms with van der Waals surface area (Å²) in [4.78, 5) is 18.0. The molecule has 0 saturated carbocycles. The third-order valence-corrected chi connectivity index (χ3v) is 5.18. The number of carbonyl (C=O) groups is 1. The molecule has 25 heavy (non-hydrogen) atoms.